The van der Waals surface area contributed by atoms with Crippen LogP contribution in [0.25, 0.3) is 11.8 Å². The van der Waals surface area contributed by atoms with Crippen molar-refractivity contribution in [1.29, 1.82) is 0 Å². The van der Waals surface area contributed by atoms with Crippen LogP contribution in [0.4, 0.5) is 5.82 Å². The molecule has 5 rings (SSSR count). The molecule has 1 saturated carbocycles. The first-order valence-corrected chi connectivity index (χ1v) is 11.2. The summed E-state index contributed by atoms with van der Waals surface area (Å²) in [6.07, 6.45) is 11.5. The van der Waals surface area contributed by atoms with Crippen LogP contribution in [0.5, 0.6) is 0 Å². The first kappa shape index (κ1) is 20.4. The van der Waals surface area contributed by atoms with Crippen molar-refractivity contribution >= 4 is 17.8 Å². The molecule has 32 heavy (non-hydrogen) atoms. The van der Waals surface area contributed by atoms with Crippen LogP contribution in [0.15, 0.2) is 55.5 Å². The van der Waals surface area contributed by atoms with Crippen LogP contribution in [0, 0.1) is 12.3 Å². The lowest BCUT2D eigenvalue weighted by atomic mass is 9.87. The molecule has 2 fully saturated rings. The predicted molar refractivity (Wildman–Crippen MR) is 125 cm³/mol. The lowest BCUT2D eigenvalue weighted by Crippen LogP contribution is -2.50. The van der Waals surface area contributed by atoms with Gasteiger partial charge in [0.1, 0.15) is 5.82 Å². The van der Waals surface area contributed by atoms with Crippen molar-refractivity contribution in [3.05, 3.63) is 72.2 Å². The Bertz CT molecular complexity index is 1120. The Morgan fingerprint density at radius 3 is 2.72 bits per heavy atom. The van der Waals surface area contributed by atoms with Gasteiger partial charge in [0.05, 0.1) is 23.6 Å². The third-order valence-electron chi connectivity index (χ3n) is 6.77. The maximum absolute atomic E-state index is 13.8. The van der Waals surface area contributed by atoms with Gasteiger partial charge in [0.25, 0.3) is 5.91 Å². The summed E-state index contributed by atoms with van der Waals surface area (Å²) in [5.74, 6) is 0.855. The third-order valence-corrected chi connectivity index (χ3v) is 6.77. The molecule has 0 unspecified atom stereocenters. The van der Waals surface area contributed by atoms with E-state index < -0.39 is 0 Å². The molecular weight excluding hydrogens is 400 g/mol. The normalized spacial score (nSPS) is 19.0. The number of piperidine rings is 1. The summed E-state index contributed by atoms with van der Waals surface area (Å²) in [6, 6.07) is 9.92. The van der Waals surface area contributed by atoms with Gasteiger partial charge in [0.15, 0.2) is 0 Å². The molecular formula is C25H28N6O. The van der Waals surface area contributed by atoms with Gasteiger partial charge >= 0.3 is 0 Å². The Labute approximate surface area is 188 Å². The molecule has 1 saturated heterocycles. The number of pyridine rings is 1. The summed E-state index contributed by atoms with van der Waals surface area (Å²) in [6.45, 7) is 7.23. The Hall–Kier alpha value is -3.48. The Morgan fingerprint density at radius 1 is 1.22 bits per heavy atom. The number of hydrogen-bond acceptors (Lipinski definition) is 5. The number of hydrogen-bond donors (Lipinski definition) is 1. The van der Waals surface area contributed by atoms with E-state index in [1.807, 2.05) is 42.2 Å². The Balaban J connectivity index is 1.40. The van der Waals surface area contributed by atoms with Gasteiger partial charge in [-0.05, 0) is 67.9 Å². The van der Waals surface area contributed by atoms with Crippen LogP contribution >= 0.6 is 0 Å². The summed E-state index contributed by atoms with van der Waals surface area (Å²) in [7, 11) is 0. The summed E-state index contributed by atoms with van der Waals surface area (Å²) >= 11 is 0. The van der Waals surface area contributed by atoms with Gasteiger partial charge in [-0.2, -0.15) is 15.0 Å². The lowest BCUT2D eigenvalue weighted by molar-refractivity contribution is 0.0545. The summed E-state index contributed by atoms with van der Waals surface area (Å²) in [4.78, 5) is 21.8. The number of nitrogens with one attached hydrogen (secondary N) is 1. The highest BCUT2D eigenvalue weighted by molar-refractivity contribution is 5.98. The molecule has 2 aliphatic rings. The van der Waals surface area contributed by atoms with Crippen molar-refractivity contribution in [1.82, 2.24) is 24.9 Å². The van der Waals surface area contributed by atoms with Crippen molar-refractivity contribution in [3.8, 4) is 5.69 Å². The minimum absolute atomic E-state index is 0.0401. The fourth-order valence-electron chi connectivity index (χ4n) is 4.68. The average molecular weight is 429 g/mol. The smallest absolute Gasteiger partial charge is 0.256 e. The van der Waals surface area contributed by atoms with Crippen LogP contribution in [0.1, 0.15) is 47.2 Å². The number of aromatic nitrogens is 4. The molecule has 1 spiro atoms. The van der Waals surface area contributed by atoms with Gasteiger partial charge in [-0.25, -0.2) is 4.98 Å². The number of anilines is 1. The number of benzene rings is 1. The second-order valence-electron chi connectivity index (χ2n) is 9.01. The van der Waals surface area contributed by atoms with E-state index in [1.54, 1.807) is 24.7 Å². The minimum atomic E-state index is 0.0401. The maximum Gasteiger partial charge on any atom is 0.256 e. The number of amides is 1. The molecule has 1 aliphatic heterocycles. The first-order valence-electron chi connectivity index (χ1n) is 11.2. The summed E-state index contributed by atoms with van der Waals surface area (Å²) in [5, 5.41) is 12.0. The quantitative estimate of drug-likeness (QED) is 0.639. The van der Waals surface area contributed by atoms with Crippen LogP contribution in [0.2, 0.25) is 0 Å². The van der Waals surface area contributed by atoms with Crippen LogP contribution < -0.4 is 5.32 Å². The highest BCUT2D eigenvalue weighted by atomic mass is 16.2. The second kappa shape index (κ2) is 8.22. The molecule has 1 N–H and O–H groups in total. The number of likely N-dealkylation sites (tertiary alicyclic amines) is 1. The second-order valence-corrected chi connectivity index (χ2v) is 9.01. The van der Waals surface area contributed by atoms with E-state index in [4.69, 9.17) is 0 Å². The van der Waals surface area contributed by atoms with Crippen molar-refractivity contribution < 1.29 is 4.79 Å². The van der Waals surface area contributed by atoms with Gasteiger partial charge in [-0.3, -0.25) is 4.79 Å². The number of carbonyl (C=O) groups excluding carboxylic acids is 1. The first-order chi connectivity index (χ1) is 15.6. The highest BCUT2D eigenvalue weighted by Crippen LogP contribution is 2.55. The largest absolute Gasteiger partial charge is 0.368 e. The van der Waals surface area contributed by atoms with E-state index in [0.29, 0.717) is 23.2 Å². The van der Waals surface area contributed by atoms with E-state index in [1.165, 1.54) is 17.6 Å². The molecule has 1 atom stereocenters. The fraction of sp³-hybridized carbons (Fsp3) is 0.360. The molecule has 2 aromatic heterocycles. The summed E-state index contributed by atoms with van der Waals surface area (Å²) in [5.41, 5.74) is 3.81. The van der Waals surface area contributed by atoms with Crippen LogP contribution in [-0.4, -0.2) is 49.9 Å². The number of carbonyl (C=O) groups is 1. The molecule has 0 bridgehead atoms. The van der Waals surface area contributed by atoms with Crippen LogP contribution in [0.3, 0.4) is 0 Å². The SMILES string of the molecule is C=Cc1ccc(NC[C@@H]2CC3(CCN2C(=O)c2cc(C)ccc2-n2nccn2)CC3)nc1. The topological polar surface area (TPSA) is 75.9 Å². The lowest BCUT2D eigenvalue weighted by Gasteiger charge is -2.40. The molecule has 0 radical (unpaired) electrons. The Kier molecular flexibility index (Phi) is 5.25. The van der Waals surface area contributed by atoms with E-state index in [9.17, 15) is 4.79 Å². The van der Waals surface area contributed by atoms with E-state index in [-0.39, 0.29) is 11.9 Å². The zero-order valence-electron chi connectivity index (χ0n) is 18.4. The monoisotopic (exact) mass is 428 g/mol. The van der Waals surface area contributed by atoms with Gasteiger partial charge in [-0.15, -0.1) is 0 Å². The fourth-order valence-corrected chi connectivity index (χ4v) is 4.68. The van der Waals surface area contributed by atoms with Gasteiger partial charge < -0.3 is 10.2 Å². The Morgan fingerprint density at radius 2 is 2.03 bits per heavy atom. The summed E-state index contributed by atoms with van der Waals surface area (Å²) < 4.78 is 0. The van der Waals surface area contributed by atoms with Gasteiger partial charge in [0, 0.05) is 25.3 Å². The van der Waals surface area contributed by atoms with Crippen molar-refractivity contribution in [2.75, 3.05) is 18.4 Å². The standard InChI is InChI=1S/C25H28N6O/c1-3-19-5-7-23(26-16-19)27-17-20-15-25(8-9-25)10-13-30(20)24(32)21-14-18(2)4-6-22(21)31-28-11-12-29-31/h3-7,11-12,14,16,20H,1,8-10,13,15,17H2,2H3,(H,26,27)/t20-/m0/s1. The maximum atomic E-state index is 13.8. The molecule has 1 aliphatic carbocycles. The average Bonchev–Trinajstić information content (AvgIpc) is 3.33. The molecule has 3 aromatic rings. The predicted octanol–water partition coefficient (Wildman–Crippen LogP) is 4.11. The molecule has 7 heteroatoms. The number of nitrogens with zero attached hydrogens (tertiary/aromatic N) is 5. The molecule has 1 amide bonds. The van der Waals surface area contributed by atoms with Crippen molar-refractivity contribution in [3.63, 3.8) is 0 Å². The third kappa shape index (κ3) is 4.02. The molecule has 1 aromatic carbocycles. The minimum Gasteiger partial charge on any atom is -0.368 e. The zero-order chi connectivity index (χ0) is 22.1. The van der Waals surface area contributed by atoms with Crippen LogP contribution in [-0.2, 0) is 0 Å². The van der Waals surface area contributed by atoms with Crippen molar-refractivity contribution in [2.45, 2.75) is 38.6 Å². The zero-order valence-corrected chi connectivity index (χ0v) is 18.4. The van der Waals surface area contributed by atoms with E-state index in [2.05, 4.69) is 27.1 Å². The van der Waals surface area contributed by atoms with E-state index >= 15 is 0 Å². The number of rotatable bonds is 6. The van der Waals surface area contributed by atoms with Crippen molar-refractivity contribution in [2.24, 2.45) is 5.41 Å². The molecule has 3 heterocycles. The molecule has 164 valence electrons. The van der Waals surface area contributed by atoms with E-state index in [0.717, 1.165) is 36.3 Å². The number of aryl methyl sites for hydroxylation is 1. The van der Waals surface area contributed by atoms with Gasteiger partial charge in [0.2, 0.25) is 0 Å². The van der Waals surface area contributed by atoms with Gasteiger partial charge in [-0.1, -0.05) is 24.3 Å². The molecule has 7 nitrogen and oxygen atoms in total. The highest BCUT2D eigenvalue weighted by Gasteiger charge is 2.49.